The van der Waals surface area contributed by atoms with Crippen molar-refractivity contribution in [1.29, 1.82) is 0 Å². The molecule has 0 N–H and O–H groups in total. The number of esters is 2. The topological polar surface area (TPSA) is 114 Å². The monoisotopic (exact) mass is 613 g/mol. The van der Waals surface area contributed by atoms with Gasteiger partial charge in [0, 0.05) is 18.2 Å². The van der Waals surface area contributed by atoms with E-state index in [1.54, 1.807) is 24.3 Å². The minimum Gasteiger partial charge on any atom is -0.722 e. The van der Waals surface area contributed by atoms with Crippen LogP contribution < -0.4 is 9.30 Å². The SMILES string of the molecule is Cc1ccc(OC(=O)c2c3ccccc3[n+](C)c3cc(C=CC=CC(=O)OCc4ccccc4)ccc23)cc1.O=S(=O)([O-])F. The first-order valence-electron chi connectivity index (χ1n) is 13.3. The molecule has 224 valence electrons. The molecule has 1 aromatic heterocycles. The summed E-state index contributed by atoms with van der Waals surface area (Å²) in [6.45, 7) is 2.22. The Hall–Kier alpha value is -5.19. The van der Waals surface area contributed by atoms with Crippen LogP contribution in [0, 0.1) is 6.92 Å². The molecule has 0 saturated heterocycles. The Morgan fingerprint density at radius 1 is 0.864 bits per heavy atom. The maximum Gasteiger partial charge on any atom is 0.345 e. The number of ether oxygens (including phenoxy) is 2. The number of allylic oxidation sites excluding steroid dienone is 2. The van der Waals surface area contributed by atoms with Gasteiger partial charge in [-0.3, -0.25) is 0 Å². The third-order valence-corrected chi connectivity index (χ3v) is 6.48. The van der Waals surface area contributed by atoms with Crippen molar-refractivity contribution in [1.82, 2.24) is 0 Å². The molecule has 0 fully saturated rings. The van der Waals surface area contributed by atoms with Crippen LogP contribution in [0.25, 0.3) is 27.9 Å². The van der Waals surface area contributed by atoms with E-state index >= 15 is 0 Å². The summed E-state index contributed by atoms with van der Waals surface area (Å²) in [5, 5.41) is 1.62. The van der Waals surface area contributed by atoms with E-state index in [9.17, 15) is 13.5 Å². The highest BCUT2D eigenvalue weighted by Crippen LogP contribution is 2.27. The number of carbonyl (C=O) groups excluding carboxylic acids is 2. The van der Waals surface area contributed by atoms with Crippen molar-refractivity contribution in [2.45, 2.75) is 13.5 Å². The zero-order chi connectivity index (χ0) is 31.7. The van der Waals surface area contributed by atoms with Gasteiger partial charge in [-0.05, 0) is 42.3 Å². The van der Waals surface area contributed by atoms with Gasteiger partial charge in [0.2, 0.25) is 11.0 Å². The predicted octanol–water partition coefficient (Wildman–Crippen LogP) is 6.07. The molecule has 0 atom stereocenters. The fourth-order valence-corrected chi connectivity index (χ4v) is 4.46. The van der Waals surface area contributed by atoms with Gasteiger partial charge in [-0.2, -0.15) is 4.57 Å². The lowest BCUT2D eigenvalue weighted by Gasteiger charge is -2.11. The van der Waals surface area contributed by atoms with Crippen molar-refractivity contribution in [3.8, 4) is 5.75 Å². The lowest BCUT2D eigenvalue weighted by molar-refractivity contribution is -0.617. The van der Waals surface area contributed by atoms with Crippen LogP contribution in [0.1, 0.15) is 27.0 Å². The maximum atomic E-state index is 13.4. The quantitative estimate of drug-likeness (QED) is 0.0320. The molecule has 0 unspecified atom stereocenters. The second kappa shape index (κ2) is 14.3. The summed E-state index contributed by atoms with van der Waals surface area (Å²) in [6.07, 6.45) is 6.74. The largest absolute Gasteiger partial charge is 0.722 e. The molecule has 10 heteroatoms. The molecule has 0 aliphatic heterocycles. The van der Waals surface area contributed by atoms with E-state index in [1.165, 1.54) is 6.08 Å². The first kappa shape index (κ1) is 31.7. The van der Waals surface area contributed by atoms with E-state index in [0.29, 0.717) is 11.3 Å². The highest BCUT2D eigenvalue weighted by molar-refractivity contribution is 7.80. The minimum absolute atomic E-state index is 0.234. The lowest BCUT2D eigenvalue weighted by Crippen LogP contribution is -2.31. The molecule has 5 aromatic rings. The molecule has 0 aliphatic carbocycles. The fourth-order valence-electron chi connectivity index (χ4n) is 4.46. The third-order valence-electron chi connectivity index (χ3n) is 6.48. The van der Waals surface area contributed by atoms with Gasteiger partial charge >= 0.3 is 11.9 Å². The first-order chi connectivity index (χ1) is 21.0. The Labute approximate surface area is 254 Å². The Kier molecular flexibility index (Phi) is 10.3. The number of fused-ring (bicyclic) bond motifs is 2. The molecule has 5 rings (SSSR count). The maximum absolute atomic E-state index is 13.4. The molecule has 0 aliphatic rings. The molecule has 0 amide bonds. The number of aromatic nitrogens is 1. The van der Waals surface area contributed by atoms with Crippen molar-refractivity contribution >= 4 is 50.3 Å². The van der Waals surface area contributed by atoms with E-state index in [0.717, 1.165) is 38.5 Å². The molecule has 0 radical (unpaired) electrons. The minimum atomic E-state index is -5.42. The van der Waals surface area contributed by atoms with Crippen molar-refractivity contribution in [3.05, 3.63) is 138 Å². The predicted molar refractivity (Wildman–Crippen MR) is 164 cm³/mol. The second-order valence-electron chi connectivity index (χ2n) is 9.63. The number of carbonyl (C=O) groups is 2. The Balaban J connectivity index is 0.000000818. The fraction of sp³-hybridized carbons (Fsp3) is 0.0882. The Morgan fingerprint density at radius 3 is 2.20 bits per heavy atom. The number of para-hydroxylation sites is 1. The Morgan fingerprint density at radius 2 is 1.50 bits per heavy atom. The number of aryl methyl sites for hydroxylation is 2. The van der Waals surface area contributed by atoms with Crippen LogP contribution in [0.15, 0.2) is 115 Å². The zero-order valence-corrected chi connectivity index (χ0v) is 24.7. The number of hydrogen-bond donors (Lipinski definition) is 0. The molecule has 1 heterocycles. The molecule has 44 heavy (non-hydrogen) atoms. The van der Waals surface area contributed by atoms with Gasteiger partial charge < -0.3 is 14.0 Å². The van der Waals surface area contributed by atoms with Gasteiger partial charge in [0.1, 0.15) is 19.4 Å². The normalized spacial score (nSPS) is 11.5. The van der Waals surface area contributed by atoms with Crippen LogP contribution >= 0.6 is 0 Å². The molecular weight excluding hydrogens is 585 g/mol. The first-order valence-corrected chi connectivity index (χ1v) is 14.6. The summed E-state index contributed by atoms with van der Waals surface area (Å²) >= 11 is 0. The van der Waals surface area contributed by atoms with Crippen LogP contribution in [-0.4, -0.2) is 24.9 Å². The third kappa shape index (κ3) is 8.90. The van der Waals surface area contributed by atoms with Crippen LogP contribution in [0.3, 0.4) is 0 Å². The van der Waals surface area contributed by atoms with Gasteiger partial charge in [0.25, 0.3) is 10.5 Å². The summed E-state index contributed by atoms with van der Waals surface area (Å²) in [5.41, 5.74) is 5.29. The van der Waals surface area contributed by atoms with E-state index in [1.807, 2.05) is 105 Å². The van der Waals surface area contributed by atoms with Gasteiger partial charge in [0.15, 0.2) is 0 Å². The molecule has 8 nitrogen and oxygen atoms in total. The summed E-state index contributed by atoms with van der Waals surface area (Å²) in [5.74, 6) is -0.304. The van der Waals surface area contributed by atoms with Gasteiger partial charge in [-0.15, -0.1) is 3.89 Å². The second-order valence-corrected chi connectivity index (χ2v) is 10.4. The lowest BCUT2D eigenvalue weighted by atomic mass is 10.0. The van der Waals surface area contributed by atoms with E-state index in [4.69, 9.17) is 22.4 Å². The zero-order valence-electron chi connectivity index (χ0n) is 23.8. The number of benzene rings is 4. The average molecular weight is 614 g/mol. The Bertz CT molecular complexity index is 1960. The molecule has 0 bridgehead atoms. The summed E-state index contributed by atoms with van der Waals surface area (Å²) in [7, 11) is -3.43. The van der Waals surface area contributed by atoms with Gasteiger partial charge in [0.05, 0.1) is 16.3 Å². The molecule has 0 saturated carbocycles. The molecule has 4 aromatic carbocycles. The molecule has 0 spiro atoms. The van der Waals surface area contributed by atoms with E-state index in [2.05, 4.69) is 4.57 Å². The summed E-state index contributed by atoms with van der Waals surface area (Å²) < 4.78 is 48.5. The van der Waals surface area contributed by atoms with Crippen molar-refractivity contribution in [3.63, 3.8) is 0 Å². The highest BCUT2D eigenvalue weighted by atomic mass is 32.3. The van der Waals surface area contributed by atoms with E-state index in [-0.39, 0.29) is 6.61 Å². The number of hydrogen-bond acceptors (Lipinski definition) is 7. The molecular formula is C34H28FNO7S. The highest BCUT2D eigenvalue weighted by Gasteiger charge is 2.24. The van der Waals surface area contributed by atoms with Crippen LogP contribution in [0.4, 0.5) is 3.89 Å². The average Bonchev–Trinajstić information content (AvgIpc) is 2.99. The smallest absolute Gasteiger partial charge is 0.345 e. The number of pyridine rings is 1. The van der Waals surface area contributed by atoms with Crippen LogP contribution in [0.5, 0.6) is 5.75 Å². The van der Waals surface area contributed by atoms with Gasteiger partial charge in [-0.1, -0.05) is 84.5 Å². The number of halogens is 1. The number of rotatable bonds is 7. The van der Waals surface area contributed by atoms with Crippen LogP contribution in [0.2, 0.25) is 0 Å². The van der Waals surface area contributed by atoms with Crippen molar-refractivity contribution in [2.75, 3.05) is 0 Å². The number of nitrogens with zero attached hydrogens (tertiary/aromatic N) is 1. The summed E-state index contributed by atoms with van der Waals surface area (Å²) in [4.78, 5) is 25.5. The van der Waals surface area contributed by atoms with Crippen molar-refractivity contribution in [2.24, 2.45) is 7.05 Å². The van der Waals surface area contributed by atoms with Crippen LogP contribution in [-0.2, 0) is 33.7 Å². The summed E-state index contributed by atoms with van der Waals surface area (Å²) in [6, 6.07) is 30.7. The van der Waals surface area contributed by atoms with Crippen molar-refractivity contribution < 1.29 is 40.5 Å². The van der Waals surface area contributed by atoms with E-state index < -0.39 is 22.4 Å². The standard InChI is InChI=1S/C34H28NO4.FHO3S/c1-24-16-19-27(20-17-24)39-34(37)33-28-13-7-8-14-30(28)35(2)31-22-25(18-21-29(31)33)10-6-9-15-32(36)38-23-26-11-4-3-5-12-26;1-5(2,3)4/h3-22H,23H2,1-2H3;(H,2,3,4)/q+1;/p-1. The van der Waals surface area contributed by atoms with Gasteiger partial charge in [-0.25, -0.2) is 18.0 Å².